The molecule has 0 aliphatic heterocycles. The number of benzene rings is 2. The van der Waals surface area contributed by atoms with Gasteiger partial charge in [0, 0.05) is 12.8 Å². The van der Waals surface area contributed by atoms with Crippen LogP contribution in [0, 0.1) is 13.8 Å². The highest BCUT2D eigenvalue weighted by atomic mass is 16.5. The molecule has 174 valence electrons. The van der Waals surface area contributed by atoms with Gasteiger partial charge < -0.3 is 18.9 Å². The Bertz CT molecular complexity index is 890. The smallest absolute Gasteiger partial charge is 0.306 e. The second-order valence-corrected chi connectivity index (χ2v) is 7.76. The summed E-state index contributed by atoms with van der Waals surface area (Å²) in [5.74, 6) is 0.854. The van der Waals surface area contributed by atoms with Gasteiger partial charge in [-0.15, -0.1) is 0 Å². The van der Waals surface area contributed by atoms with Gasteiger partial charge in [-0.2, -0.15) is 0 Å². The highest BCUT2D eigenvalue weighted by Crippen LogP contribution is 2.28. The van der Waals surface area contributed by atoms with Crippen molar-refractivity contribution in [1.82, 2.24) is 0 Å². The van der Waals surface area contributed by atoms with E-state index in [4.69, 9.17) is 18.9 Å². The van der Waals surface area contributed by atoms with Gasteiger partial charge in [0.15, 0.2) is 11.5 Å². The normalized spacial score (nSPS) is 10.5. The number of ether oxygens (including phenoxy) is 4. The van der Waals surface area contributed by atoms with Crippen LogP contribution in [0.4, 0.5) is 0 Å². The summed E-state index contributed by atoms with van der Waals surface area (Å²) in [6.45, 7) is 4.81. The Kier molecular flexibility index (Phi) is 10.6. The number of aryl methyl sites for hydroxylation is 4. The molecule has 0 bridgehead atoms. The minimum atomic E-state index is -0.245. The maximum absolute atomic E-state index is 11.9. The summed E-state index contributed by atoms with van der Waals surface area (Å²) in [6.07, 6.45) is 3.23. The van der Waals surface area contributed by atoms with E-state index < -0.39 is 0 Å². The topological polar surface area (TPSA) is 71.1 Å². The van der Waals surface area contributed by atoms with Crippen molar-refractivity contribution in [2.75, 3.05) is 27.4 Å². The van der Waals surface area contributed by atoms with Crippen molar-refractivity contribution < 1.29 is 28.5 Å². The van der Waals surface area contributed by atoms with Crippen LogP contribution >= 0.6 is 0 Å². The molecule has 0 N–H and O–H groups in total. The second kappa shape index (κ2) is 13.4. The fourth-order valence-corrected chi connectivity index (χ4v) is 3.21. The lowest BCUT2D eigenvalue weighted by Crippen LogP contribution is -2.10. The largest absolute Gasteiger partial charge is 0.493 e. The lowest BCUT2D eigenvalue weighted by atomic mass is 10.0. The molecule has 2 aromatic carbocycles. The zero-order chi connectivity index (χ0) is 23.3. The summed E-state index contributed by atoms with van der Waals surface area (Å²) >= 11 is 0. The lowest BCUT2D eigenvalue weighted by Gasteiger charge is -2.10. The van der Waals surface area contributed by atoms with Crippen molar-refractivity contribution in [3.8, 4) is 11.5 Å². The average molecular weight is 443 g/mol. The molecular weight excluding hydrogens is 408 g/mol. The fourth-order valence-electron chi connectivity index (χ4n) is 3.21. The van der Waals surface area contributed by atoms with Gasteiger partial charge in [0.1, 0.15) is 0 Å². The molecule has 0 spiro atoms. The summed E-state index contributed by atoms with van der Waals surface area (Å²) < 4.78 is 21.0. The van der Waals surface area contributed by atoms with Crippen molar-refractivity contribution in [1.29, 1.82) is 0 Å². The number of rotatable bonds is 13. The summed E-state index contributed by atoms with van der Waals surface area (Å²) in [4.78, 5) is 23.8. The minimum absolute atomic E-state index is 0.199. The number of hydrogen-bond donors (Lipinski definition) is 0. The first-order chi connectivity index (χ1) is 15.4. The minimum Gasteiger partial charge on any atom is -0.493 e. The molecule has 0 heterocycles. The van der Waals surface area contributed by atoms with Crippen LogP contribution in [0.15, 0.2) is 36.4 Å². The Balaban J connectivity index is 1.54. The van der Waals surface area contributed by atoms with E-state index in [-0.39, 0.29) is 11.9 Å². The predicted octanol–water partition coefficient (Wildman–Crippen LogP) is 4.75. The highest BCUT2D eigenvalue weighted by Gasteiger charge is 2.08. The van der Waals surface area contributed by atoms with Crippen molar-refractivity contribution in [3.63, 3.8) is 0 Å². The van der Waals surface area contributed by atoms with Gasteiger partial charge in [-0.25, -0.2) is 0 Å². The van der Waals surface area contributed by atoms with Crippen LogP contribution in [0.3, 0.4) is 0 Å². The molecule has 0 saturated heterocycles. The van der Waals surface area contributed by atoms with Crippen molar-refractivity contribution >= 4 is 11.9 Å². The van der Waals surface area contributed by atoms with Crippen LogP contribution in [0.5, 0.6) is 11.5 Å². The van der Waals surface area contributed by atoms with E-state index in [1.54, 1.807) is 14.2 Å². The molecule has 0 unspecified atom stereocenters. The number of methoxy groups -OCH3 is 2. The lowest BCUT2D eigenvalue weighted by molar-refractivity contribution is -0.146. The monoisotopic (exact) mass is 442 g/mol. The number of unbranched alkanes of at least 4 members (excludes halogenated alkanes) is 1. The van der Waals surface area contributed by atoms with Gasteiger partial charge in [-0.05, 0) is 73.9 Å². The van der Waals surface area contributed by atoms with E-state index in [1.807, 2.05) is 18.2 Å². The molecule has 0 radical (unpaired) electrons. The van der Waals surface area contributed by atoms with Gasteiger partial charge in [-0.1, -0.05) is 24.3 Å². The van der Waals surface area contributed by atoms with E-state index in [2.05, 4.69) is 32.0 Å². The summed E-state index contributed by atoms with van der Waals surface area (Å²) in [7, 11) is 3.17. The molecule has 0 atom stereocenters. The van der Waals surface area contributed by atoms with Crippen LogP contribution in [0.2, 0.25) is 0 Å². The first-order valence-electron chi connectivity index (χ1n) is 11.0. The Morgan fingerprint density at radius 2 is 1.22 bits per heavy atom. The first kappa shape index (κ1) is 25.2. The number of esters is 2. The third-order valence-electron chi connectivity index (χ3n) is 5.32. The summed E-state index contributed by atoms with van der Waals surface area (Å²) in [6, 6.07) is 11.8. The summed E-state index contributed by atoms with van der Waals surface area (Å²) in [5.41, 5.74) is 4.60. The van der Waals surface area contributed by atoms with Crippen molar-refractivity contribution in [2.24, 2.45) is 0 Å². The highest BCUT2D eigenvalue weighted by molar-refractivity contribution is 5.70. The SMILES string of the molecule is COc1ccc(CCC(=O)OCCCCOC(=O)CCc2ccc(C)c(C)c2)cc1OC. The van der Waals surface area contributed by atoms with E-state index in [9.17, 15) is 9.59 Å². The van der Waals surface area contributed by atoms with Crippen LogP contribution < -0.4 is 9.47 Å². The molecular formula is C26H34O6. The van der Waals surface area contributed by atoms with Gasteiger partial charge in [0.05, 0.1) is 27.4 Å². The third kappa shape index (κ3) is 8.61. The Morgan fingerprint density at radius 3 is 1.75 bits per heavy atom. The molecule has 2 aromatic rings. The van der Waals surface area contributed by atoms with Crippen LogP contribution in [-0.4, -0.2) is 39.4 Å². The van der Waals surface area contributed by atoms with Crippen LogP contribution in [0.1, 0.15) is 47.9 Å². The molecule has 0 amide bonds. The van der Waals surface area contributed by atoms with Gasteiger partial charge in [0.2, 0.25) is 0 Å². The first-order valence-corrected chi connectivity index (χ1v) is 11.0. The predicted molar refractivity (Wildman–Crippen MR) is 123 cm³/mol. The number of hydrogen-bond acceptors (Lipinski definition) is 6. The fraction of sp³-hybridized carbons (Fsp3) is 0.462. The molecule has 0 saturated carbocycles. The third-order valence-corrected chi connectivity index (χ3v) is 5.32. The number of carbonyl (C=O) groups is 2. The molecule has 0 fully saturated rings. The molecule has 32 heavy (non-hydrogen) atoms. The molecule has 6 nitrogen and oxygen atoms in total. The van der Waals surface area contributed by atoms with E-state index in [0.29, 0.717) is 63.2 Å². The maximum atomic E-state index is 11.9. The van der Waals surface area contributed by atoms with Gasteiger partial charge >= 0.3 is 11.9 Å². The molecule has 0 aliphatic rings. The van der Waals surface area contributed by atoms with Crippen molar-refractivity contribution in [3.05, 3.63) is 58.7 Å². The Labute approximate surface area is 190 Å². The Morgan fingerprint density at radius 1 is 0.688 bits per heavy atom. The molecule has 2 rings (SSSR count). The van der Waals surface area contributed by atoms with Gasteiger partial charge in [-0.3, -0.25) is 9.59 Å². The zero-order valence-electron chi connectivity index (χ0n) is 19.6. The molecule has 0 aromatic heterocycles. The van der Waals surface area contributed by atoms with E-state index >= 15 is 0 Å². The van der Waals surface area contributed by atoms with E-state index in [0.717, 1.165) is 11.1 Å². The van der Waals surface area contributed by atoms with Crippen LogP contribution in [-0.2, 0) is 31.9 Å². The maximum Gasteiger partial charge on any atom is 0.306 e. The summed E-state index contributed by atoms with van der Waals surface area (Å²) in [5, 5.41) is 0. The Hall–Kier alpha value is -3.02. The van der Waals surface area contributed by atoms with Gasteiger partial charge in [0.25, 0.3) is 0 Å². The second-order valence-electron chi connectivity index (χ2n) is 7.76. The van der Waals surface area contributed by atoms with Crippen molar-refractivity contribution in [2.45, 2.75) is 52.4 Å². The van der Waals surface area contributed by atoms with Crippen LogP contribution in [0.25, 0.3) is 0 Å². The molecule has 0 aliphatic carbocycles. The molecule has 6 heteroatoms. The average Bonchev–Trinajstić information content (AvgIpc) is 2.80. The van der Waals surface area contributed by atoms with E-state index in [1.165, 1.54) is 11.1 Å². The standard InChI is InChI=1S/C26H34O6/c1-19-7-8-21(17-20(19)2)10-13-25(27)31-15-5-6-16-32-26(28)14-11-22-9-12-23(29-3)24(18-22)30-4/h7-9,12,17-18H,5-6,10-11,13-16H2,1-4H3. The number of carbonyl (C=O) groups excluding carboxylic acids is 2. The quantitative estimate of drug-likeness (QED) is 0.329. The zero-order valence-corrected chi connectivity index (χ0v) is 19.6.